The maximum absolute atomic E-state index is 13.2. The second-order valence-electron chi connectivity index (χ2n) is 9.47. The molecule has 2 fully saturated rings. The Labute approximate surface area is 218 Å². The van der Waals surface area contributed by atoms with Gasteiger partial charge in [0.25, 0.3) is 0 Å². The number of hydrogen-bond donors (Lipinski definition) is 1. The normalized spacial score (nSPS) is 17.8. The van der Waals surface area contributed by atoms with Crippen molar-refractivity contribution in [3.63, 3.8) is 0 Å². The highest BCUT2D eigenvalue weighted by Crippen LogP contribution is 2.22. The SMILES string of the molecule is CCCNC(=O)N(CC(=O)N1CCCN(c2ccc(-c3ccc(OC)cc3)nn2)CC1)C[C@@H]1CCCO1. The number of aromatic nitrogens is 2. The van der Waals surface area contributed by atoms with E-state index in [0.29, 0.717) is 32.7 Å². The first-order valence-corrected chi connectivity index (χ1v) is 13.2. The predicted molar refractivity (Wildman–Crippen MR) is 142 cm³/mol. The van der Waals surface area contributed by atoms with E-state index in [2.05, 4.69) is 20.4 Å². The average Bonchev–Trinajstić information content (AvgIpc) is 3.32. The summed E-state index contributed by atoms with van der Waals surface area (Å²) >= 11 is 0. The van der Waals surface area contributed by atoms with Crippen LogP contribution in [0.5, 0.6) is 5.75 Å². The Morgan fingerprint density at radius 3 is 2.59 bits per heavy atom. The molecule has 2 saturated heterocycles. The summed E-state index contributed by atoms with van der Waals surface area (Å²) in [6, 6.07) is 11.5. The summed E-state index contributed by atoms with van der Waals surface area (Å²) in [6.45, 7) is 6.50. The van der Waals surface area contributed by atoms with Crippen molar-refractivity contribution in [3.05, 3.63) is 36.4 Å². The zero-order valence-corrected chi connectivity index (χ0v) is 21.9. The summed E-state index contributed by atoms with van der Waals surface area (Å²) < 4.78 is 10.9. The number of nitrogens with zero attached hydrogens (tertiary/aromatic N) is 5. The van der Waals surface area contributed by atoms with Crippen molar-refractivity contribution in [2.24, 2.45) is 0 Å². The second kappa shape index (κ2) is 13.2. The fourth-order valence-corrected chi connectivity index (χ4v) is 4.67. The average molecular weight is 511 g/mol. The number of carbonyl (C=O) groups excluding carboxylic acids is 2. The fourth-order valence-electron chi connectivity index (χ4n) is 4.67. The van der Waals surface area contributed by atoms with Gasteiger partial charge in [0.05, 0.1) is 18.9 Å². The van der Waals surface area contributed by atoms with Gasteiger partial charge in [0, 0.05) is 51.4 Å². The van der Waals surface area contributed by atoms with Crippen molar-refractivity contribution < 1.29 is 19.1 Å². The number of amides is 3. The largest absolute Gasteiger partial charge is 0.497 e. The van der Waals surface area contributed by atoms with Gasteiger partial charge in [0.1, 0.15) is 12.3 Å². The van der Waals surface area contributed by atoms with Crippen LogP contribution in [-0.2, 0) is 9.53 Å². The maximum atomic E-state index is 13.2. The number of nitrogens with one attached hydrogen (secondary N) is 1. The van der Waals surface area contributed by atoms with Crippen LogP contribution in [0.15, 0.2) is 36.4 Å². The summed E-state index contributed by atoms with van der Waals surface area (Å²) in [7, 11) is 1.64. The molecular formula is C27H38N6O4. The number of benzene rings is 1. The highest BCUT2D eigenvalue weighted by molar-refractivity contribution is 5.84. The smallest absolute Gasteiger partial charge is 0.317 e. The van der Waals surface area contributed by atoms with E-state index in [-0.39, 0.29) is 24.6 Å². The lowest BCUT2D eigenvalue weighted by Gasteiger charge is -2.28. The lowest BCUT2D eigenvalue weighted by Crippen LogP contribution is -2.49. The molecule has 2 aliphatic rings. The monoisotopic (exact) mass is 510 g/mol. The molecule has 1 aromatic carbocycles. The molecule has 1 N–H and O–H groups in total. The van der Waals surface area contributed by atoms with Crippen LogP contribution >= 0.6 is 0 Å². The number of rotatable bonds is 9. The molecule has 0 spiro atoms. The quantitative estimate of drug-likeness (QED) is 0.554. The molecule has 2 aliphatic heterocycles. The summed E-state index contributed by atoms with van der Waals surface area (Å²) in [4.78, 5) is 31.6. The van der Waals surface area contributed by atoms with E-state index in [1.54, 1.807) is 12.0 Å². The van der Waals surface area contributed by atoms with E-state index >= 15 is 0 Å². The van der Waals surface area contributed by atoms with E-state index in [9.17, 15) is 9.59 Å². The Kier molecular flexibility index (Phi) is 9.53. The molecule has 3 heterocycles. The lowest BCUT2D eigenvalue weighted by molar-refractivity contribution is -0.131. The van der Waals surface area contributed by atoms with Gasteiger partial charge >= 0.3 is 6.03 Å². The highest BCUT2D eigenvalue weighted by atomic mass is 16.5. The van der Waals surface area contributed by atoms with Crippen LogP contribution in [0.2, 0.25) is 0 Å². The van der Waals surface area contributed by atoms with Gasteiger partial charge in [-0.25, -0.2) is 4.79 Å². The first-order chi connectivity index (χ1) is 18.1. The van der Waals surface area contributed by atoms with Crippen molar-refractivity contribution in [1.82, 2.24) is 25.3 Å². The number of urea groups is 1. The molecule has 0 bridgehead atoms. The Morgan fingerprint density at radius 1 is 1.08 bits per heavy atom. The Balaban J connectivity index is 1.33. The number of anilines is 1. The van der Waals surface area contributed by atoms with Crippen molar-refractivity contribution in [2.45, 2.75) is 38.7 Å². The van der Waals surface area contributed by atoms with Crippen LogP contribution < -0.4 is 15.0 Å². The summed E-state index contributed by atoms with van der Waals surface area (Å²) in [5.74, 6) is 1.56. The van der Waals surface area contributed by atoms with Gasteiger partial charge in [-0.05, 0) is 62.1 Å². The fraction of sp³-hybridized carbons (Fsp3) is 0.556. The first-order valence-electron chi connectivity index (χ1n) is 13.2. The Morgan fingerprint density at radius 2 is 1.92 bits per heavy atom. The van der Waals surface area contributed by atoms with E-state index in [1.807, 2.05) is 48.2 Å². The molecule has 37 heavy (non-hydrogen) atoms. The van der Waals surface area contributed by atoms with Gasteiger partial charge in [-0.15, -0.1) is 10.2 Å². The predicted octanol–water partition coefficient (Wildman–Crippen LogP) is 2.79. The van der Waals surface area contributed by atoms with Crippen LogP contribution in [0.25, 0.3) is 11.3 Å². The number of ether oxygens (including phenoxy) is 2. The first kappa shape index (κ1) is 26.7. The van der Waals surface area contributed by atoms with E-state index < -0.39 is 0 Å². The van der Waals surface area contributed by atoms with Crippen molar-refractivity contribution in [1.29, 1.82) is 0 Å². The molecule has 4 rings (SSSR count). The molecule has 1 atom stereocenters. The molecule has 0 saturated carbocycles. The summed E-state index contributed by atoms with van der Waals surface area (Å²) in [6.07, 6.45) is 3.58. The molecule has 0 aliphatic carbocycles. The van der Waals surface area contributed by atoms with Gasteiger partial charge in [0.2, 0.25) is 5.91 Å². The molecule has 1 aromatic heterocycles. The second-order valence-corrected chi connectivity index (χ2v) is 9.47. The summed E-state index contributed by atoms with van der Waals surface area (Å²) in [5.41, 5.74) is 1.77. The van der Waals surface area contributed by atoms with Crippen LogP contribution in [-0.4, -0.2) is 97.6 Å². The molecule has 0 radical (unpaired) electrons. The molecular weight excluding hydrogens is 472 g/mol. The van der Waals surface area contributed by atoms with E-state index in [4.69, 9.17) is 9.47 Å². The minimum Gasteiger partial charge on any atom is -0.497 e. The Bertz CT molecular complexity index is 1010. The van der Waals surface area contributed by atoms with Gasteiger partial charge < -0.3 is 29.5 Å². The van der Waals surface area contributed by atoms with Gasteiger partial charge in [-0.1, -0.05) is 6.92 Å². The van der Waals surface area contributed by atoms with Crippen LogP contribution in [0.3, 0.4) is 0 Å². The zero-order chi connectivity index (χ0) is 26.0. The van der Waals surface area contributed by atoms with Crippen molar-refractivity contribution in [2.75, 3.05) is 64.4 Å². The van der Waals surface area contributed by atoms with E-state index in [0.717, 1.165) is 61.7 Å². The third kappa shape index (κ3) is 7.31. The van der Waals surface area contributed by atoms with Crippen LogP contribution in [0, 0.1) is 0 Å². The summed E-state index contributed by atoms with van der Waals surface area (Å²) in [5, 5.41) is 11.8. The topological polar surface area (TPSA) is 100 Å². The molecule has 10 heteroatoms. The number of methoxy groups -OCH3 is 1. The molecule has 3 amide bonds. The van der Waals surface area contributed by atoms with Crippen LogP contribution in [0.1, 0.15) is 32.6 Å². The molecule has 2 aromatic rings. The minimum absolute atomic E-state index is 0.000683. The standard InChI is InChI=1S/C27H38N6O4/c1-3-13-28-27(35)33(19-23-6-4-18-37-23)20-26(34)32-15-5-14-31(16-17-32)25-12-11-24(29-30-25)21-7-9-22(36-2)10-8-21/h7-12,23H,3-6,13-20H2,1-2H3,(H,28,35)/t23-/m0/s1. The van der Waals surface area contributed by atoms with Crippen LogP contribution in [0.4, 0.5) is 10.6 Å². The van der Waals surface area contributed by atoms with Gasteiger partial charge in [0.15, 0.2) is 5.82 Å². The Hall–Kier alpha value is -3.40. The molecule has 0 unspecified atom stereocenters. The maximum Gasteiger partial charge on any atom is 0.317 e. The van der Waals surface area contributed by atoms with Gasteiger partial charge in [-0.3, -0.25) is 4.79 Å². The lowest BCUT2D eigenvalue weighted by atomic mass is 10.1. The third-order valence-electron chi connectivity index (χ3n) is 6.80. The molecule has 10 nitrogen and oxygen atoms in total. The van der Waals surface area contributed by atoms with Gasteiger partial charge in [-0.2, -0.15) is 0 Å². The van der Waals surface area contributed by atoms with Crippen molar-refractivity contribution in [3.8, 4) is 17.0 Å². The molecule has 200 valence electrons. The number of carbonyl (C=O) groups is 2. The zero-order valence-electron chi connectivity index (χ0n) is 21.9. The third-order valence-corrected chi connectivity index (χ3v) is 6.80. The van der Waals surface area contributed by atoms with Crippen molar-refractivity contribution >= 4 is 17.8 Å². The number of hydrogen-bond acceptors (Lipinski definition) is 7. The minimum atomic E-state index is -0.200. The highest BCUT2D eigenvalue weighted by Gasteiger charge is 2.27. The van der Waals surface area contributed by atoms with E-state index in [1.165, 1.54) is 0 Å².